The van der Waals surface area contributed by atoms with Gasteiger partial charge in [0.25, 0.3) is 0 Å². The molecule has 1 N–H and O–H groups in total. The minimum absolute atomic E-state index is 0.562. The minimum Gasteiger partial charge on any atom is -0.354 e. The Labute approximate surface area is 98.9 Å². The highest BCUT2D eigenvalue weighted by atomic mass is 15.2. The van der Waals surface area contributed by atoms with Gasteiger partial charge >= 0.3 is 0 Å². The standard InChI is InChI=1S/C11H17N3.C2H6/c1-9-3-4-11(13-7-9)14-6-5-12-10(2)8-14;1-2/h3-4,7,10,12H,5-6,8H2,1-2H3;1-2H3. The number of anilines is 1. The van der Waals surface area contributed by atoms with Crippen LogP contribution in [0.25, 0.3) is 0 Å². The topological polar surface area (TPSA) is 28.2 Å². The molecule has 90 valence electrons. The van der Waals surface area contributed by atoms with Gasteiger partial charge in [-0.1, -0.05) is 19.9 Å². The van der Waals surface area contributed by atoms with Gasteiger partial charge in [-0.15, -0.1) is 0 Å². The highest BCUT2D eigenvalue weighted by molar-refractivity contribution is 5.39. The number of piperazine rings is 1. The van der Waals surface area contributed by atoms with Gasteiger partial charge in [0.05, 0.1) is 0 Å². The van der Waals surface area contributed by atoms with E-state index in [0.717, 1.165) is 25.5 Å². The van der Waals surface area contributed by atoms with Gasteiger partial charge in [0.1, 0.15) is 5.82 Å². The van der Waals surface area contributed by atoms with Crippen molar-refractivity contribution in [3.63, 3.8) is 0 Å². The van der Waals surface area contributed by atoms with Crippen molar-refractivity contribution in [1.82, 2.24) is 10.3 Å². The van der Waals surface area contributed by atoms with E-state index in [-0.39, 0.29) is 0 Å². The third-order valence-corrected chi connectivity index (χ3v) is 2.59. The van der Waals surface area contributed by atoms with Crippen LogP contribution in [-0.2, 0) is 0 Å². The minimum atomic E-state index is 0.562. The second-order valence-corrected chi connectivity index (χ2v) is 3.99. The van der Waals surface area contributed by atoms with E-state index >= 15 is 0 Å². The summed E-state index contributed by atoms with van der Waals surface area (Å²) in [5.74, 6) is 1.10. The summed E-state index contributed by atoms with van der Waals surface area (Å²) >= 11 is 0. The molecule has 0 aromatic carbocycles. The lowest BCUT2D eigenvalue weighted by atomic mass is 10.2. The maximum Gasteiger partial charge on any atom is 0.128 e. The van der Waals surface area contributed by atoms with Crippen molar-refractivity contribution in [1.29, 1.82) is 0 Å². The van der Waals surface area contributed by atoms with Gasteiger partial charge in [0.15, 0.2) is 0 Å². The first-order valence-corrected chi connectivity index (χ1v) is 6.17. The number of nitrogens with zero attached hydrogens (tertiary/aromatic N) is 2. The van der Waals surface area contributed by atoms with Crippen molar-refractivity contribution in [3.05, 3.63) is 23.9 Å². The fourth-order valence-electron chi connectivity index (χ4n) is 1.79. The molecule has 3 nitrogen and oxygen atoms in total. The zero-order valence-corrected chi connectivity index (χ0v) is 10.8. The van der Waals surface area contributed by atoms with E-state index in [1.54, 1.807) is 0 Å². The molecular formula is C13H23N3. The van der Waals surface area contributed by atoms with Crippen molar-refractivity contribution in [2.75, 3.05) is 24.5 Å². The molecule has 3 heteroatoms. The predicted molar refractivity (Wildman–Crippen MR) is 70.0 cm³/mol. The van der Waals surface area contributed by atoms with Gasteiger partial charge in [0.2, 0.25) is 0 Å². The summed E-state index contributed by atoms with van der Waals surface area (Å²) in [6.07, 6.45) is 1.93. The van der Waals surface area contributed by atoms with Gasteiger partial charge in [0, 0.05) is 31.9 Å². The molecule has 0 radical (unpaired) electrons. The second kappa shape index (κ2) is 6.48. The van der Waals surface area contributed by atoms with Gasteiger partial charge in [-0.2, -0.15) is 0 Å². The monoisotopic (exact) mass is 221 g/mol. The molecular weight excluding hydrogens is 198 g/mol. The molecule has 1 unspecified atom stereocenters. The number of aromatic nitrogens is 1. The molecule has 1 aromatic heterocycles. The van der Waals surface area contributed by atoms with Crippen LogP contribution >= 0.6 is 0 Å². The van der Waals surface area contributed by atoms with Crippen molar-refractivity contribution in [2.24, 2.45) is 0 Å². The SMILES string of the molecule is CC.Cc1ccc(N2CCNC(C)C2)nc1. The van der Waals surface area contributed by atoms with E-state index in [1.165, 1.54) is 5.56 Å². The molecule has 0 amide bonds. The molecule has 1 saturated heterocycles. The zero-order chi connectivity index (χ0) is 12.0. The Morgan fingerprint density at radius 1 is 1.38 bits per heavy atom. The van der Waals surface area contributed by atoms with Crippen molar-refractivity contribution in [3.8, 4) is 0 Å². The molecule has 1 fully saturated rings. The van der Waals surface area contributed by atoms with E-state index in [2.05, 4.69) is 41.2 Å². The lowest BCUT2D eigenvalue weighted by Crippen LogP contribution is -2.49. The highest BCUT2D eigenvalue weighted by Gasteiger charge is 2.16. The smallest absolute Gasteiger partial charge is 0.128 e. The van der Waals surface area contributed by atoms with E-state index in [0.29, 0.717) is 6.04 Å². The van der Waals surface area contributed by atoms with Crippen LogP contribution < -0.4 is 10.2 Å². The van der Waals surface area contributed by atoms with Crippen LogP contribution in [0.4, 0.5) is 5.82 Å². The summed E-state index contributed by atoms with van der Waals surface area (Å²) in [5, 5.41) is 3.42. The lowest BCUT2D eigenvalue weighted by Gasteiger charge is -2.32. The number of hydrogen-bond acceptors (Lipinski definition) is 3. The molecule has 1 atom stereocenters. The number of hydrogen-bond donors (Lipinski definition) is 1. The Morgan fingerprint density at radius 2 is 2.12 bits per heavy atom. The third-order valence-electron chi connectivity index (χ3n) is 2.59. The molecule has 0 bridgehead atoms. The Morgan fingerprint density at radius 3 is 2.69 bits per heavy atom. The fourth-order valence-corrected chi connectivity index (χ4v) is 1.79. The van der Waals surface area contributed by atoms with Crippen LogP contribution in [0.5, 0.6) is 0 Å². The second-order valence-electron chi connectivity index (χ2n) is 3.99. The van der Waals surface area contributed by atoms with Crippen LogP contribution in [0.15, 0.2) is 18.3 Å². The zero-order valence-electron chi connectivity index (χ0n) is 10.8. The third kappa shape index (κ3) is 3.49. The van der Waals surface area contributed by atoms with Gasteiger partial charge in [-0.05, 0) is 25.5 Å². The highest BCUT2D eigenvalue weighted by Crippen LogP contribution is 2.12. The number of aryl methyl sites for hydroxylation is 1. The Bertz CT molecular complexity index is 295. The van der Waals surface area contributed by atoms with Crippen LogP contribution in [0.1, 0.15) is 26.3 Å². The van der Waals surface area contributed by atoms with Gasteiger partial charge < -0.3 is 10.2 Å². The first-order chi connectivity index (χ1) is 7.75. The van der Waals surface area contributed by atoms with Crippen molar-refractivity contribution in [2.45, 2.75) is 33.7 Å². The molecule has 2 heterocycles. The Balaban J connectivity index is 0.000000606. The average Bonchev–Trinajstić information content (AvgIpc) is 2.32. The normalized spacial score (nSPS) is 20.0. The summed E-state index contributed by atoms with van der Waals surface area (Å²) in [4.78, 5) is 6.77. The van der Waals surface area contributed by atoms with E-state index in [1.807, 2.05) is 20.0 Å². The first kappa shape index (κ1) is 13.0. The lowest BCUT2D eigenvalue weighted by molar-refractivity contribution is 0.482. The van der Waals surface area contributed by atoms with E-state index in [4.69, 9.17) is 0 Å². The van der Waals surface area contributed by atoms with Gasteiger partial charge in [-0.3, -0.25) is 0 Å². The quantitative estimate of drug-likeness (QED) is 0.788. The van der Waals surface area contributed by atoms with Crippen molar-refractivity contribution < 1.29 is 0 Å². The largest absolute Gasteiger partial charge is 0.354 e. The molecule has 1 aliphatic rings. The molecule has 0 aliphatic carbocycles. The molecule has 0 spiro atoms. The molecule has 2 rings (SSSR count). The molecule has 1 aromatic rings. The number of nitrogens with one attached hydrogen (secondary N) is 1. The van der Waals surface area contributed by atoms with E-state index in [9.17, 15) is 0 Å². The Kier molecular flexibility index (Phi) is 5.26. The maximum atomic E-state index is 4.43. The van der Waals surface area contributed by atoms with E-state index < -0.39 is 0 Å². The summed E-state index contributed by atoms with van der Waals surface area (Å²) in [6, 6.07) is 4.79. The van der Waals surface area contributed by atoms with Crippen LogP contribution in [0, 0.1) is 6.92 Å². The molecule has 16 heavy (non-hydrogen) atoms. The predicted octanol–water partition coefficient (Wildman–Crippen LogP) is 2.21. The maximum absolute atomic E-state index is 4.43. The summed E-state index contributed by atoms with van der Waals surface area (Å²) in [6.45, 7) is 11.4. The Hall–Kier alpha value is -1.09. The summed E-state index contributed by atoms with van der Waals surface area (Å²) in [5.41, 5.74) is 1.22. The molecule has 1 aliphatic heterocycles. The summed E-state index contributed by atoms with van der Waals surface area (Å²) < 4.78 is 0. The van der Waals surface area contributed by atoms with Crippen LogP contribution in [0.3, 0.4) is 0 Å². The van der Waals surface area contributed by atoms with Crippen molar-refractivity contribution >= 4 is 5.82 Å². The molecule has 0 saturated carbocycles. The summed E-state index contributed by atoms with van der Waals surface area (Å²) in [7, 11) is 0. The van der Waals surface area contributed by atoms with Crippen LogP contribution in [-0.4, -0.2) is 30.7 Å². The number of rotatable bonds is 1. The first-order valence-electron chi connectivity index (χ1n) is 6.17. The van der Waals surface area contributed by atoms with Crippen LogP contribution in [0.2, 0.25) is 0 Å². The average molecular weight is 221 g/mol. The fraction of sp³-hybridized carbons (Fsp3) is 0.615. The number of pyridine rings is 1. The van der Waals surface area contributed by atoms with Gasteiger partial charge in [-0.25, -0.2) is 4.98 Å².